The van der Waals surface area contributed by atoms with Crippen LogP contribution in [0.25, 0.3) is 0 Å². The Balaban J connectivity index is 2.16. The van der Waals surface area contributed by atoms with E-state index >= 15 is 0 Å². The molecule has 0 heterocycles. The molecular weight excluding hydrogens is 316 g/mol. The molecule has 2 aromatic carbocycles. The van der Waals surface area contributed by atoms with Crippen molar-refractivity contribution in [2.75, 3.05) is 0 Å². The number of hydrogen-bond donors (Lipinski definition) is 2. The van der Waals surface area contributed by atoms with E-state index in [1.54, 1.807) is 36.4 Å². The molecule has 2 N–H and O–H groups in total. The van der Waals surface area contributed by atoms with E-state index in [1.807, 2.05) is 6.07 Å². The predicted molar refractivity (Wildman–Crippen MR) is 85.2 cm³/mol. The van der Waals surface area contributed by atoms with Crippen molar-refractivity contribution in [3.63, 3.8) is 0 Å². The molecular formula is C17H13ClN2O3. The van der Waals surface area contributed by atoms with Crippen molar-refractivity contribution in [1.82, 2.24) is 5.32 Å². The molecule has 2 rings (SSSR count). The van der Waals surface area contributed by atoms with Crippen LogP contribution in [0.3, 0.4) is 0 Å². The van der Waals surface area contributed by atoms with Gasteiger partial charge in [-0.2, -0.15) is 5.26 Å². The molecule has 0 saturated carbocycles. The number of halogens is 1. The summed E-state index contributed by atoms with van der Waals surface area (Å²) < 4.78 is 0. The van der Waals surface area contributed by atoms with Crippen molar-refractivity contribution in [1.29, 1.82) is 5.26 Å². The van der Waals surface area contributed by atoms with Crippen molar-refractivity contribution in [3.8, 4) is 6.07 Å². The molecule has 0 aliphatic heterocycles. The van der Waals surface area contributed by atoms with Gasteiger partial charge in [-0.25, -0.2) is 4.79 Å². The highest BCUT2D eigenvalue weighted by atomic mass is 35.5. The van der Waals surface area contributed by atoms with Gasteiger partial charge in [0.05, 0.1) is 11.6 Å². The standard InChI is InChI=1S/C17H13ClN2O3/c18-14-7-5-11(6-8-14)16(21)20-15(17(22)23)9-12-3-1-2-4-13(12)10-19/h1-8,15H,9H2,(H,20,21)(H,22,23)/t15-/m0/s1. The summed E-state index contributed by atoms with van der Waals surface area (Å²) in [6.07, 6.45) is 0.0262. The number of nitrogens with zero attached hydrogens (tertiary/aromatic N) is 1. The Hall–Kier alpha value is -2.84. The zero-order valence-electron chi connectivity index (χ0n) is 12.0. The summed E-state index contributed by atoms with van der Waals surface area (Å²) in [7, 11) is 0. The van der Waals surface area contributed by atoms with Gasteiger partial charge < -0.3 is 10.4 Å². The molecule has 0 aliphatic rings. The van der Waals surface area contributed by atoms with Crippen LogP contribution in [-0.4, -0.2) is 23.0 Å². The van der Waals surface area contributed by atoms with E-state index in [2.05, 4.69) is 5.32 Å². The Labute approximate surface area is 138 Å². The molecule has 0 bridgehead atoms. The Morgan fingerprint density at radius 2 is 1.83 bits per heavy atom. The monoisotopic (exact) mass is 328 g/mol. The van der Waals surface area contributed by atoms with E-state index < -0.39 is 17.9 Å². The summed E-state index contributed by atoms with van der Waals surface area (Å²) in [5.74, 6) is -1.68. The first-order chi connectivity index (χ1) is 11.0. The zero-order chi connectivity index (χ0) is 16.8. The molecule has 2 aromatic rings. The number of carboxylic acid groups (broad SMARTS) is 1. The maximum Gasteiger partial charge on any atom is 0.326 e. The molecule has 0 aliphatic carbocycles. The first-order valence-corrected chi connectivity index (χ1v) is 7.16. The van der Waals surface area contributed by atoms with Crippen molar-refractivity contribution in [2.24, 2.45) is 0 Å². The van der Waals surface area contributed by atoms with E-state index in [1.165, 1.54) is 12.1 Å². The average Bonchev–Trinajstić information content (AvgIpc) is 2.55. The van der Waals surface area contributed by atoms with E-state index in [-0.39, 0.29) is 6.42 Å². The third-order valence-corrected chi connectivity index (χ3v) is 3.52. The molecule has 1 amide bonds. The van der Waals surface area contributed by atoms with E-state index in [0.29, 0.717) is 21.7 Å². The van der Waals surface area contributed by atoms with Gasteiger partial charge in [-0.3, -0.25) is 4.79 Å². The fourth-order valence-electron chi connectivity index (χ4n) is 2.07. The SMILES string of the molecule is N#Cc1ccccc1C[C@H](NC(=O)c1ccc(Cl)cc1)C(=O)O. The lowest BCUT2D eigenvalue weighted by Crippen LogP contribution is -2.42. The lowest BCUT2D eigenvalue weighted by molar-refractivity contribution is -0.139. The van der Waals surface area contributed by atoms with Gasteiger partial charge in [0.15, 0.2) is 0 Å². The minimum atomic E-state index is -1.17. The van der Waals surface area contributed by atoms with Crippen LogP contribution in [0.5, 0.6) is 0 Å². The summed E-state index contributed by atoms with van der Waals surface area (Å²) in [5, 5.41) is 21.3. The molecule has 0 spiro atoms. The van der Waals surface area contributed by atoms with Crippen LogP contribution in [0.1, 0.15) is 21.5 Å². The van der Waals surface area contributed by atoms with Crippen LogP contribution in [-0.2, 0) is 11.2 Å². The van der Waals surface area contributed by atoms with Gasteiger partial charge in [-0.15, -0.1) is 0 Å². The molecule has 23 heavy (non-hydrogen) atoms. The van der Waals surface area contributed by atoms with Crippen molar-refractivity contribution < 1.29 is 14.7 Å². The molecule has 0 saturated heterocycles. The molecule has 0 aromatic heterocycles. The third kappa shape index (κ3) is 4.31. The highest BCUT2D eigenvalue weighted by Crippen LogP contribution is 2.12. The fraction of sp³-hybridized carbons (Fsp3) is 0.118. The number of rotatable bonds is 5. The average molecular weight is 329 g/mol. The topological polar surface area (TPSA) is 90.2 Å². The summed E-state index contributed by atoms with van der Waals surface area (Å²) in [4.78, 5) is 23.5. The normalized spacial score (nSPS) is 11.3. The Kier molecular flexibility index (Phi) is 5.34. The molecule has 116 valence electrons. The second kappa shape index (κ2) is 7.43. The number of hydrogen-bond acceptors (Lipinski definition) is 3. The minimum Gasteiger partial charge on any atom is -0.480 e. The summed E-state index contributed by atoms with van der Waals surface area (Å²) >= 11 is 5.76. The van der Waals surface area contributed by atoms with Crippen molar-refractivity contribution >= 4 is 23.5 Å². The minimum absolute atomic E-state index is 0.0262. The molecule has 0 radical (unpaired) electrons. The number of carbonyl (C=O) groups is 2. The van der Waals surface area contributed by atoms with Gasteiger partial charge >= 0.3 is 5.97 Å². The van der Waals surface area contributed by atoms with Crippen LogP contribution in [0, 0.1) is 11.3 Å². The first-order valence-electron chi connectivity index (χ1n) is 6.78. The number of amides is 1. The maximum absolute atomic E-state index is 12.1. The largest absolute Gasteiger partial charge is 0.480 e. The third-order valence-electron chi connectivity index (χ3n) is 3.27. The van der Waals surface area contributed by atoms with Crippen LogP contribution >= 0.6 is 11.6 Å². The summed E-state index contributed by atoms with van der Waals surface area (Å²) in [6, 6.07) is 13.7. The Morgan fingerprint density at radius 1 is 1.17 bits per heavy atom. The highest BCUT2D eigenvalue weighted by Gasteiger charge is 2.22. The van der Waals surface area contributed by atoms with Crippen LogP contribution < -0.4 is 5.32 Å². The zero-order valence-corrected chi connectivity index (χ0v) is 12.7. The van der Waals surface area contributed by atoms with Crippen LogP contribution in [0.15, 0.2) is 48.5 Å². The second-order valence-corrected chi connectivity index (χ2v) is 5.28. The predicted octanol–water partition coefficient (Wildman–Crippen LogP) is 2.64. The maximum atomic E-state index is 12.1. The van der Waals surface area contributed by atoms with Gasteiger partial charge in [0, 0.05) is 17.0 Å². The number of benzene rings is 2. The lowest BCUT2D eigenvalue weighted by Gasteiger charge is -2.15. The molecule has 1 atom stereocenters. The van der Waals surface area contributed by atoms with Crippen molar-refractivity contribution in [3.05, 3.63) is 70.2 Å². The van der Waals surface area contributed by atoms with Gasteiger partial charge in [0.1, 0.15) is 6.04 Å². The smallest absolute Gasteiger partial charge is 0.326 e. The number of aliphatic carboxylic acids is 1. The quantitative estimate of drug-likeness (QED) is 0.882. The van der Waals surface area contributed by atoms with Crippen LogP contribution in [0.2, 0.25) is 5.02 Å². The number of carbonyl (C=O) groups excluding carboxylic acids is 1. The summed E-state index contributed by atoms with van der Waals surface area (Å²) in [5.41, 5.74) is 1.27. The van der Waals surface area contributed by atoms with Crippen LogP contribution in [0.4, 0.5) is 0 Å². The molecule has 0 fully saturated rings. The number of nitriles is 1. The lowest BCUT2D eigenvalue weighted by atomic mass is 10.0. The number of carboxylic acids is 1. The van der Waals surface area contributed by atoms with E-state index in [4.69, 9.17) is 16.9 Å². The van der Waals surface area contributed by atoms with E-state index in [0.717, 1.165) is 0 Å². The Morgan fingerprint density at radius 3 is 2.43 bits per heavy atom. The second-order valence-electron chi connectivity index (χ2n) is 4.84. The van der Waals surface area contributed by atoms with Gasteiger partial charge in [-0.05, 0) is 35.9 Å². The Bertz CT molecular complexity index is 766. The number of nitrogens with one attached hydrogen (secondary N) is 1. The summed E-state index contributed by atoms with van der Waals surface area (Å²) in [6.45, 7) is 0. The fourth-order valence-corrected chi connectivity index (χ4v) is 2.20. The molecule has 0 unspecified atom stereocenters. The molecule has 6 heteroatoms. The highest BCUT2D eigenvalue weighted by molar-refractivity contribution is 6.30. The first kappa shape index (κ1) is 16.5. The van der Waals surface area contributed by atoms with Gasteiger partial charge in [0.25, 0.3) is 5.91 Å². The van der Waals surface area contributed by atoms with Crippen molar-refractivity contribution in [2.45, 2.75) is 12.5 Å². The van der Waals surface area contributed by atoms with Gasteiger partial charge in [0.2, 0.25) is 0 Å². The molecule has 5 nitrogen and oxygen atoms in total. The van der Waals surface area contributed by atoms with Gasteiger partial charge in [-0.1, -0.05) is 29.8 Å². The van der Waals surface area contributed by atoms with E-state index in [9.17, 15) is 14.7 Å².